The Hall–Kier alpha value is -1.62. The van der Waals surface area contributed by atoms with E-state index in [9.17, 15) is 0 Å². The Morgan fingerprint density at radius 3 is 2.73 bits per heavy atom. The van der Waals surface area contributed by atoms with Crippen LogP contribution in [0.2, 0.25) is 0 Å². The monoisotopic (exact) mass is 208 g/mol. The molecule has 5 heteroatoms. The molecule has 0 radical (unpaired) electrons. The van der Waals surface area contributed by atoms with Crippen molar-refractivity contribution < 1.29 is 13.6 Å². The highest BCUT2D eigenvalue weighted by Gasteiger charge is 2.14. The lowest BCUT2D eigenvalue weighted by Crippen LogP contribution is -1.87. The van der Waals surface area contributed by atoms with E-state index in [2.05, 4.69) is 9.97 Å². The third kappa shape index (κ3) is 1.92. The lowest BCUT2D eigenvalue weighted by molar-refractivity contribution is 0.181. The molecule has 2 aromatic rings. The second-order valence-electron chi connectivity index (χ2n) is 3.21. The number of methoxy groups -OCH3 is 1. The van der Waals surface area contributed by atoms with Gasteiger partial charge in [0.15, 0.2) is 11.6 Å². The van der Waals surface area contributed by atoms with Crippen LogP contribution in [0.15, 0.2) is 15.1 Å². The minimum absolute atomic E-state index is 0.430. The molecule has 0 aromatic carbocycles. The van der Waals surface area contributed by atoms with Crippen LogP contribution >= 0.6 is 0 Å². The van der Waals surface area contributed by atoms with E-state index in [0.29, 0.717) is 29.8 Å². The number of ether oxygens (including phenoxy) is 1. The van der Waals surface area contributed by atoms with Gasteiger partial charge in [0.25, 0.3) is 0 Å². The van der Waals surface area contributed by atoms with Crippen LogP contribution < -0.4 is 0 Å². The molecule has 0 atom stereocenters. The van der Waals surface area contributed by atoms with E-state index < -0.39 is 0 Å². The second kappa shape index (κ2) is 3.86. The SMILES string of the molecule is COCc1coc(-c2nc(C)oc2C)n1. The van der Waals surface area contributed by atoms with Crippen LogP contribution in [0.25, 0.3) is 11.6 Å². The molecule has 0 saturated carbocycles. The summed E-state index contributed by atoms with van der Waals surface area (Å²) in [6, 6.07) is 0. The number of aryl methyl sites for hydroxylation is 2. The van der Waals surface area contributed by atoms with E-state index in [4.69, 9.17) is 13.6 Å². The lowest BCUT2D eigenvalue weighted by atomic mass is 10.4. The van der Waals surface area contributed by atoms with E-state index in [1.165, 1.54) is 0 Å². The quantitative estimate of drug-likeness (QED) is 0.772. The minimum atomic E-state index is 0.430. The highest BCUT2D eigenvalue weighted by molar-refractivity contribution is 5.49. The fourth-order valence-electron chi connectivity index (χ4n) is 1.36. The van der Waals surface area contributed by atoms with E-state index in [-0.39, 0.29) is 0 Å². The summed E-state index contributed by atoms with van der Waals surface area (Å²) in [7, 11) is 1.61. The van der Waals surface area contributed by atoms with Gasteiger partial charge in [-0.25, -0.2) is 9.97 Å². The van der Waals surface area contributed by atoms with Crippen LogP contribution in [0.1, 0.15) is 17.3 Å². The lowest BCUT2D eigenvalue weighted by Gasteiger charge is -1.89. The molecular formula is C10H12N2O3. The third-order valence-corrected chi connectivity index (χ3v) is 1.95. The number of hydrogen-bond donors (Lipinski definition) is 0. The van der Waals surface area contributed by atoms with E-state index in [1.54, 1.807) is 20.3 Å². The van der Waals surface area contributed by atoms with E-state index in [1.807, 2.05) is 6.92 Å². The molecule has 0 saturated heterocycles. The molecule has 2 aromatic heterocycles. The molecule has 0 spiro atoms. The smallest absolute Gasteiger partial charge is 0.249 e. The molecule has 15 heavy (non-hydrogen) atoms. The van der Waals surface area contributed by atoms with Crippen LogP contribution in [-0.4, -0.2) is 17.1 Å². The first-order valence-electron chi connectivity index (χ1n) is 4.58. The summed E-state index contributed by atoms with van der Waals surface area (Å²) < 4.78 is 15.5. The molecule has 0 amide bonds. The van der Waals surface area contributed by atoms with Gasteiger partial charge < -0.3 is 13.6 Å². The Morgan fingerprint density at radius 2 is 2.13 bits per heavy atom. The van der Waals surface area contributed by atoms with E-state index >= 15 is 0 Å². The summed E-state index contributed by atoms with van der Waals surface area (Å²) in [5.74, 6) is 1.78. The Balaban J connectivity index is 2.32. The molecule has 2 heterocycles. The van der Waals surface area contributed by atoms with Crippen molar-refractivity contribution in [2.24, 2.45) is 0 Å². The van der Waals surface area contributed by atoms with Gasteiger partial charge in [-0.2, -0.15) is 0 Å². The van der Waals surface area contributed by atoms with Gasteiger partial charge in [-0.15, -0.1) is 0 Å². The Bertz CT molecular complexity index is 459. The Morgan fingerprint density at radius 1 is 1.33 bits per heavy atom. The second-order valence-corrected chi connectivity index (χ2v) is 3.21. The zero-order valence-electron chi connectivity index (χ0n) is 8.90. The molecule has 0 N–H and O–H groups in total. The molecule has 5 nitrogen and oxygen atoms in total. The summed E-state index contributed by atoms with van der Waals surface area (Å²) in [4.78, 5) is 8.42. The maximum atomic E-state index is 5.30. The summed E-state index contributed by atoms with van der Waals surface area (Å²) in [6.07, 6.45) is 1.56. The van der Waals surface area contributed by atoms with Gasteiger partial charge in [-0.1, -0.05) is 0 Å². The predicted molar refractivity (Wildman–Crippen MR) is 52.2 cm³/mol. The van der Waals surface area contributed by atoms with Crippen molar-refractivity contribution in [3.05, 3.63) is 23.6 Å². The average molecular weight is 208 g/mol. The molecule has 0 bridgehead atoms. The summed E-state index contributed by atoms with van der Waals surface area (Å²) in [5, 5.41) is 0. The molecule has 0 aliphatic carbocycles. The van der Waals surface area contributed by atoms with Crippen LogP contribution in [0, 0.1) is 13.8 Å². The van der Waals surface area contributed by atoms with Gasteiger partial charge in [0, 0.05) is 14.0 Å². The summed E-state index contributed by atoms with van der Waals surface area (Å²) >= 11 is 0. The van der Waals surface area contributed by atoms with Gasteiger partial charge in [0.1, 0.15) is 17.7 Å². The van der Waals surface area contributed by atoms with Crippen molar-refractivity contribution in [3.63, 3.8) is 0 Å². The largest absolute Gasteiger partial charge is 0.445 e. The van der Waals surface area contributed by atoms with Crippen LogP contribution in [0.3, 0.4) is 0 Å². The zero-order chi connectivity index (χ0) is 10.8. The average Bonchev–Trinajstić information content (AvgIpc) is 2.73. The molecule has 0 fully saturated rings. The van der Waals surface area contributed by atoms with Crippen LogP contribution in [0.4, 0.5) is 0 Å². The number of aromatic nitrogens is 2. The van der Waals surface area contributed by atoms with Gasteiger partial charge in [-0.3, -0.25) is 0 Å². The topological polar surface area (TPSA) is 61.3 Å². The van der Waals surface area contributed by atoms with E-state index in [0.717, 1.165) is 5.69 Å². The molecule has 2 rings (SSSR count). The third-order valence-electron chi connectivity index (χ3n) is 1.95. The first-order chi connectivity index (χ1) is 7.20. The van der Waals surface area contributed by atoms with Gasteiger partial charge in [0.05, 0.1) is 6.61 Å². The maximum absolute atomic E-state index is 5.30. The number of nitrogens with zero attached hydrogens (tertiary/aromatic N) is 2. The van der Waals surface area contributed by atoms with Crippen molar-refractivity contribution in [1.29, 1.82) is 0 Å². The highest BCUT2D eigenvalue weighted by Crippen LogP contribution is 2.22. The van der Waals surface area contributed by atoms with Crippen molar-refractivity contribution >= 4 is 0 Å². The maximum Gasteiger partial charge on any atom is 0.249 e. The summed E-state index contributed by atoms with van der Waals surface area (Å²) in [5.41, 5.74) is 1.39. The number of hydrogen-bond acceptors (Lipinski definition) is 5. The van der Waals surface area contributed by atoms with Gasteiger partial charge in [-0.05, 0) is 6.92 Å². The van der Waals surface area contributed by atoms with Crippen molar-refractivity contribution in [2.45, 2.75) is 20.5 Å². The van der Waals surface area contributed by atoms with Crippen LogP contribution in [0.5, 0.6) is 0 Å². The Kier molecular flexibility index (Phi) is 2.55. The fraction of sp³-hybridized carbons (Fsp3) is 0.400. The molecule has 0 aliphatic heterocycles. The first kappa shape index (κ1) is 9.92. The van der Waals surface area contributed by atoms with Crippen LogP contribution in [-0.2, 0) is 11.3 Å². The number of oxazole rings is 2. The predicted octanol–water partition coefficient (Wildman–Crippen LogP) is 2.09. The fourth-order valence-corrected chi connectivity index (χ4v) is 1.36. The number of rotatable bonds is 3. The minimum Gasteiger partial charge on any atom is -0.445 e. The van der Waals surface area contributed by atoms with Crippen molar-refractivity contribution in [2.75, 3.05) is 7.11 Å². The molecule has 80 valence electrons. The zero-order valence-corrected chi connectivity index (χ0v) is 8.90. The summed E-state index contributed by atoms with van der Waals surface area (Å²) in [6.45, 7) is 4.05. The standard InChI is InChI=1S/C10H12N2O3/c1-6-9(11-7(2)15-6)10-12-8(4-13-3)5-14-10/h5H,4H2,1-3H3. The van der Waals surface area contributed by atoms with Crippen molar-refractivity contribution in [3.8, 4) is 11.6 Å². The normalized spacial score (nSPS) is 10.9. The molecule has 0 unspecified atom stereocenters. The van der Waals surface area contributed by atoms with Crippen molar-refractivity contribution in [1.82, 2.24) is 9.97 Å². The molecular weight excluding hydrogens is 196 g/mol. The Labute approximate surface area is 87.1 Å². The van der Waals surface area contributed by atoms with Gasteiger partial charge >= 0.3 is 0 Å². The van der Waals surface area contributed by atoms with Gasteiger partial charge in [0.2, 0.25) is 5.89 Å². The molecule has 0 aliphatic rings. The first-order valence-corrected chi connectivity index (χ1v) is 4.58. The highest BCUT2D eigenvalue weighted by atomic mass is 16.5.